The van der Waals surface area contributed by atoms with E-state index in [9.17, 15) is 13.2 Å². The molecule has 1 aromatic heterocycles. The lowest BCUT2D eigenvalue weighted by Gasteiger charge is -2.27. The van der Waals surface area contributed by atoms with Gasteiger partial charge in [0, 0.05) is 39.1 Å². The molecule has 1 aromatic rings. The molecule has 1 fully saturated rings. The Labute approximate surface area is 160 Å². The molecule has 3 heterocycles. The maximum atomic E-state index is 10.6. The summed E-state index contributed by atoms with van der Waals surface area (Å²) in [6, 6.07) is 0.545. The van der Waals surface area contributed by atoms with Crippen LogP contribution in [0, 0.1) is 0 Å². The van der Waals surface area contributed by atoms with Gasteiger partial charge in [0.1, 0.15) is 6.10 Å². The smallest absolute Gasteiger partial charge is 0.475 e. The maximum absolute atomic E-state index is 10.6. The molecule has 8 nitrogen and oxygen atoms in total. The molecular weight excluding hydrogens is 383 g/mol. The normalized spacial score (nSPS) is 20.2. The van der Waals surface area contributed by atoms with Crippen molar-refractivity contribution in [3.63, 3.8) is 0 Å². The predicted molar refractivity (Wildman–Crippen MR) is 92.0 cm³/mol. The predicted octanol–water partition coefficient (Wildman–Crippen LogP) is 1.55. The Morgan fingerprint density at radius 1 is 1.39 bits per heavy atom. The van der Waals surface area contributed by atoms with Crippen LogP contribution < -0.4 is 5.32 Å². The molecule has 2 aliphatic rings. The molecule has 28 heavy (non-hydrogen) atoms. The summed E-state index contributed by atoms with van der Waals surface area (Å²) in [5.41, 5.74) is 2.41. The fourth-order valence-electron chi connectivity index (χ4n) is 2.96. The van der Waals surface area contributed by atoms with Gasteiger partial charge in [0.15, 0.2) is 0 Å². The van der Waals surface area contributed by atoms with Gasteiger partial charge in [0.2, 0.25) is 0 Å². The number of halogens is 3. The van der Waals surface area contributed by atoms with Gasteiger partial charge in [-0.05, 0) is 24.8 Å². The standard InChI is InChI=1S/C15H25N3O3.C2HF3O2/c1-19-9-5-18-11-12-2-8-21-14(15(12)17-18)10-16-13-3-6-20-7-4-13;3-2(4,5)1(6)7/h11,13-14,16H,2-10H2,1H3;(H,6,7). The van der Waals surface area contributed by atoms with Gasteiger partial charge in [-0.1, -0.05) is 0 Å². The fourth-order valence-corrected chi connectivity index (χ4v) is 2.96. The van der Waals surface area contributed by atoms with Crippen LogP contribution in [0.5, 0.6) is 0 Å². The first kappa shape index (κ1) is 22.6. The largest absolute Gasteiger partial charge is 0.490 e. The van der Waals surface area contributed by atoms with Crippen molar-refractivity contribution in [3.8, 4) is 0 Å². The third kappa shape index (κ3) is 7.04. The van der Waals surface area contributed by atoms with Crippen LogP contribution in [0.2, 0.25) is 0 Å². The molecule has 2 aliphatic heterocycles. The van der Waals surface area contributed by atoms with Crippen molar-refractivity contribution in [2.75, 3.05) is 40.1 Å². The number of nitrogens with one attached hydrogen (secondary N) is 1. The highest BCUT2D eigenvalue weighted by Gasteiger charge is 2.38. The number of carboxylic acids is 1. The number of carboxylic acid groups (broad SMARTS) is 1. The summed E-state index contributed by atoms with van der Waals surface area (Å²) in [5.74, 6) is -2.76. The number of aromatic nitrogens is 2. The van der Waals surface area contributed by atoms with E-state index in [1.54, 1.807) is 7.11 Å². The second-order valence-corrected chi connectivity index (χ2v) is 6.50. The van der Waals surface area contributed by atoms with E-state index in [2.05, 4.69) is 16.6 Å². The highest BCUT2D eigenvalue weighted by Crippen LogP contribution is 2.25. The van der Waals surface area contributed by atoms with E-state index < -0.39 is 12.1 Å². The summed E-state index contributed by atoms with van der Waals surface area (Å²) < 4.78 is 50.1. The summed E-state index contributed by atoms with van der Waals surface area (Å²) in [4.78, 5) is 8.90. The van der Waals surface area contributed by atoms with E-state index in [0.29, 0.717) is 12.6 Å². The van der Waals surface area contributed by atoms with Crippen molar-refractivity contribution in [1.29, 1.82) is 0 Å². The molecule has 1 atom stereocenters. The van der Waals surface area contributed by atoms with Gasteiger partial charge in [-0.15, -0.1) is 0 Å². The lowest BCUT2D eigenvalue weighted by molar-refractivity contribution is -0.192. The number of aliphatic carboxylic acids is 1. The van der Waals surface area contributed by atoms with Crippen LogP contribution in [0.25, 0.3) is 0 Å². The fraction of sp³-hybridized carbons (Fsp3) is 0.765. The molecule has 1 saturated heterocycles. The highest BCUT2D eigenvalue weighted by atomic mass is 19.4. The molecule has 2 N–H and O–H groups in total. The zero-order valence-corrected chi connectivity index (χ0v) is 15.7. The Kier molecular flexibility index (Phi) is 8.67. The monoisotopic (exact) mass is 409 g/mol. The van der Waals surface area contributed by atoms with Crippen LogP contribution in [-0.2, 0) is 32.0 Å². The van der Waals surface area contributed by atoms with Crippen LogP contribution >= 0.6 is 0 Å². The number of alkyl halides is 3. The Balaban J connectivity index is 0.000000345. The van der Waals surface area contributed by atoms with Crippen molar-refractivity contribution in [2.45, 2.75) is 44.1 Å². The maximum Gasteiger partial charge on any atom is 0.490 e. The molecule has 1 unspecified atom stereocenters. The third-order valence-corrected chi connectivity index (χ3v) is 4.45. The van der Waals surface area contributed by atoms with Crippen molar-refractivity contribution in [3.05, 3.63) is 17.5 Å². The van der Waals surface area contributed by atoms with E-state index in [4.69, 9.17) is 24.1 Å². The number of hydrogen-bond acceptors (Lipinski definition) is 6. The Hall–Kier alpha value is -1.69. The average molecular weight is 409 g/mol. The van der Waals surface area contributed by atoms with Gasteiger partial charge in [0.05, 0.1) is 25.5 Å². The zero-order valence-electron chi connectivity index (χ0n) is 15.7. The molecule has 0 spiro atoms. The number of rotatable bonds is 6. The third-order valence-electron chi connectivity index (χ3n) is 4.45. The lowest BCUT2D eigenvalue weighted by atomic mass is 10.0. The van der Waals surface area contributed by atoms with Crippen molar-refractivity contribution >= 4 is 5.97 Å². The van der Waals surface area contributed by atoms with Crippen molar-refractivity contribution in [1.82, 2.24) is 15.1 Å². The van der Waals surface area contributed by atoms with Crippen LogP contribution in [0.3, 0.4) is 0 Å². The Morgan fingerprint density at radius 3 is 2.68 bits per heavy atom. The molecule has 0 saturated carbocycles. The van der Waals surface area contributed by atoms with Crippen molar-refractivity contribution < 1.29 is 37.3 Å². The average Bonchev–Trinajstić information content (AvgIpc) is 3.09. The summed E-state index contributed by atoms with van der Waals surface area (Å²) in [6.07, 6.45) is 0.248. The summed E-state index contributed by atoms with van der Waals surface area (Å²) in [5, 5.41) is 15.4. The molecule has 160 valence electrons. The molecular formula is C17H26F3N3O5. The molecule has 0 amide bonds. The molecule has 0 radical (unpaired) electrons. The first-order chi connectivity index (χ1) is 13.3. The van der Waals surface area contributed by atoms with Gasteiger partial charge in [-0.3, -0.25) is 4.68 Å². The van der Waals surface area contributed by atoms with Crippen LogP contribution in [0.1, 0.15) is 30.2 Å². The minimum absolute atomic E-state index is 0.0698. The molecule has 11 heteroatoms. The topological polar surface area (TPSA) is 94.8 Å². The number of methoxy groups -OCH3 is 1. The number of fused-ring (bicyclic) bond motifs is 1. The van der Waals surface area contributed by atoms with Gasteiger partial charge in [0.25, 0.3) is 0 Å². The zero-order chi connectivity index (χ0) is 20.6. The number of ether oxygens (including phenoxy) is 3. The quantitative estimate of drug-likeness (QED) is 0.736. The first-order valence-electron chi connectivity index (χ1n) is 9.09. The van der Waals surface area contributed by atoms with Gasteiger partial charge in [-0.2, -0.15) is 18.3 Å². The van der Waals surface area contributed by atoms with Gasteiger partial charge >= 0.3 is 12.1 Å². The van der Waals surface area contributed by atoms with E-state index in [1.807, 2.05) is 4.68 Å². The second-order valence-electron chi connectivity index (χ2n) is 6.50. The van der Waals surface area contributed by atoms with Crippen LogP contribution in [0.4, 0.5) is 13.2 Å². The molecule has 3 rings (SSSR count). The van der Waals surface area contributed by atoms with Gasteiger partial charge < -0.3 is 24.6 Å². The number of nitrogens with zero attached hydrogens (tertiary/aromatic N) is 2. The van der Waals surface area contributed by atoms with Crippen LogP contribution in [0.15, 0.2) is 6.20 Å². The van der Waals surface area contributed by atoms with Gasteiger partial charge in [-0.25, -0.2) is 4.79 Å². The number of carbonyl (C=O) groups is 1. The SMILES string of the molecule is COCCn1cc2c(n1)C(CNC1CCOCC1)OCC2.O=C(O)C(F)(F)F. The Bertz CT molecular complexity index is 618. The van der Waals surface area contributed by atoms with Crippen molar-refractivity contribution in [2.24, 2.45) is 0 Å². The van der Waals surface area contributed by atoms with Crippen LogP contribution in [-0.4, -0.2) is 73.2 Å². The summed E-state index contributed by atoms with van der Waals surface area (Å²) >= 11 is 0. The lowest BCUT2D eigenvalue weighted by Crippen LogP contribution is -2.38. The first-order valence-corrected chi connectivity index (χ1v) is 9.09. The minimum Gasteiger partial charge on any atom is -0.475 e. The number of hydrogen-bond donors (Lipinski definition) is 2. The van der Waals surface area contributed by atoms with E-state index in [-0.39, 0.29) is 6.10 Å². The summed E-state index contributed by atoms with van der Waals surface area (Å²) in [6.45, 7) is 4.82. The van der Waals surface area contributed by atoms with E-state index in [1.165, 1.54) is 5.56 Å². The Morgan fingerprint density at radius 2 is 2.07 bits per heavy atom. The molecule has 0 bridgehead atoms. The molecule has 0 aromatic carbocycles. The van der Waals surface area contributed by atoms with E-state index >= 15 is 0 Å². The molecule has 0 aliphatic carbocycles. The minimum atomic E-state index is -5.08. The second kappa shape index (κ2) is 10.7. The van der Waals surface area contributed by atoms with E-state index in [0.717, 1.165) is 57.9 Å². The summed E-state index contributed by atoms with van der Waals surface area (Å²) in [7, 11) is 1.72. The highest BCUT2D eigenvalue weighted by molar-refractivity contribution is 5.73.